The third-order valence-electron chi connectivity index (χ3n) is 3.23. The number of nitrogens with one attached hydrogen (secondary N) is 1. The van der Waals surface area contributed by atoms with Crippen molar-refractivity contribution in [2.24, 2.45) is 0 Å². The summed E-state index contributed by atoms with van der Waals surface area (Å²) in [5, 5.41) is 3.40. The van der Waals surface area contributed by atoms with Crippen molar-refractivity contribution in [3.8, 4) is 0 Å². The van der Waals surface area contributed by atoms with Gasteiger partial charge in [0.2, 0.25) is 0 Å². The monoisotopic (exact) mass is 267 g/mol. The van der Waals surface area contributed by atoms with Crippen molar-refractivity contribution in [2.45, 2.75) is 71.4 Å². The first-order valence-electron chi connectivity index (χ1n) is 7.90. The third kappa shape index (κ3) is 9.92. The zero-order valence-corrected chi connectivity index (χ0v) is 13.3. The van der Waals surface area contributed by atoms with Gasteiger partial charge in [0.1, 0.15) is 0 Å². The summed E-state index contributed by atoms with van der Waals surface area (Å²) in [5.41, 5.74) is 0. The van der Waals surface area contributed by atoms with E-state index in [1.807, 2.05) is 7.05 Å². The summed E-state index contributed by atoms with van der Waals surface area (Å²) in [6.07, 6.45) is 15.7. The Hall–Kier alpha value is -0.600. The van der Waals surface area contributed by atoms with Gasteiger partial charge in [-0.1, -0.05) is 57.9 Å². The molecule has 0 aromatic rings. The minimum atomic E-state index is 0.356. The maximum Gasteiger partial charge on any atom is 0.0727 e. The standard InChI is InChI=1S/C17H33NO/c1-5-8-9-10-11-12-15-19-17(14-7-3)16(18-4)13-6-2/h8-11,16-18H,5-7,12-15H2,1-4H3/b9-8-,11-10-/t16-,17?/m0/s1. The van der Waals surface area contributed by atoms with Gasteiger partial charge in [0, 0.05) is 6.04 Å². The molecule has 1 unspecified atom stereocenters. The first kappa shape index (κ1) is 18.4. The van der Waals surface area contributed by atoms with Crippen LogP contribution in [0.1, 0.15) is 59.3 Å². The highest BCUT2D eigenvalue weighted by atomic mass is 16.5. The van der Waals surface area contributed by atoms with Gasteiger partial charge in [-0.2, -0.15) is 0 Å². The molecule has 2 atom stereocenters. The molecule has 112 valence electrons. The number of likely N-dealkylation sites (N-methyl/N-ethyl adjacent to an activating group) is 1. The molecule has 1 N–H and O–H groups in total. The van der Waals surface area contributed by atoms with Crippen molar-refractivity contribution >= 4 is 0 Å². The zero-order chi connectivity index (χ0) is 14.3. The van der Waals surface area contributed by atoms with E-state index in [1.165, 1.54) is 19.3 Å². The Balaban J connectivity index is 3.99. The summed E-state index contributed by atoms with van der Waals surface area (Å²) in [6, 6.07) is 0.494. The molecule has 0 spiro atoms. The van der Waals surface area contributed by atoms with Crippen LogP contribution in [0.15, 0.2) is 24.3 Å². The molecule has 2 heteroatoms. The quantitative estimate of drug-likeness (QED) is 0.416. The molecule has 19 heavy (non-hydrogen) atoms. The smallest absolute Gasteiger partial charge is 0.0727 e. The molecular formula is C17H33NO. The Morgan fingerprint density at radius 2 is 1.68 bits per heavy atom. The molecule has 0 saturated heterocycles. The molecule has 0 aliphatic rings. The summed E-state index contributed by atoms with van der Waals surface area (Å²) in [6.45, 7) is 7.43. The maximum absolute atomic E-state index is 6.06. The SMILES string of the molecule is CC/C=C\C=C/CCOC(CCC)[C@H](CCC)NC. The highest BCUT2D eigenvalue weighted by Crippen LogP contribution is 2.12. The van der Waals surface area contributed by atoms with Crippen LogP contribution in [-0.2, 0) is 4.74 Å². The van der Waals surface area contributed by atoms with Gasteiger partial charge in [-0.3, -0.25) is 0 Å². The predicted molar refractivity (Wildman–Crippen MR) is 85.6 cm³/mol. The van der Waals surface area contributed by atoms with E-state index in [0.29, 0.717) is 12.1 Å². The van der Waals surface area contributed by atoms with Crippen LogP contribution in [0.25, 0.3) is 0 Å². The van der Waals surface area contributed by atoms with Gasteiger partial charge in [-0.25, -0.2) is 0 Å². The third-order valence-corrected chi connectivity index (χ3v) is 3.23. The van der Waals surface area contributed by atoms with Crippen molar-refractivity contribution in [3.05, 3.63) is 24.3 Å². The van der Waals surface area contributed by atoms with E-state index < -0.39 is 0 Å². The lowest BCUT2D eigenvalue weighted by Gasteiger charge is -2.26. The van der Waals surface area contributed by atoms with Gasteiger partial charge in [-0.05, 0) is 32.7 Å². The van der Waals surface area contributed by atoms with Crippen LogP contribution in [0, 0.1) is 0 Å². The second-order valence-corrected chi connectivity index (χ2v) is 4.93. The molecule has 0 aromatic carbocycles. The number of hydrogen-bond donors (Lipinski definition) is 1. The van der Waals surface area contributed by atoms with Gasteiger partial charge < -0.3 is 10.1 Å². The lowest BCUT2D eigenvalue weighted by atomic mass is 10.0. The topological polar surface area (TPSA) is 21.3 Å². The van der Waals surface area contributed by atoms with Gasteiger partial charge in [0.15, 0.2) is 0 Å². The van der Waals surface area contributed by atoms with Crippen molar-refractivity contribution < 1.29 is 4.74 Å². The Morgan fingerprint density at radius 1 is 1.00 bits per heavy atom. The van der Waals surface area contributed by atoms with E-state index in [1.54, 1.807) is 0 Å². The second kappa shape index (κ2) is 13.8. The fraction of sp³-hybridized carbons (Fsp3) is 0.765. The average Bonchev–Trinajstić information content (AvgIpc) is 2.43. The largest absolute Gasteiger partial charge is 0.376 e. The number of ether oxygens (including phenoxy) is 1. The van der Waals surface area contributed by atoms with Crippen molar-refractivity contribution in [1.82, 2.24) is 5.32 Å². The Labute approximate surface area is 120 Å². The number of rotatable bonds is 12. The highest BCUT2D eigenvalue weighted by Gasteiger charge is 2.18. The molecule has 0 radical (unpaired) electrons. The predicted octanol–water partition coefficient (Wildman–Crippen LogP) is 4.47. The molecule has 2 nitrogen and oxygen atoms in total. The molecule has 0 aliphatic heterocycles. The molecule has 0 rings (SSSR count). The fourth-order valence-electron chi connectivity index (χ4n) is 2.19. The van der Waals surface area contributed by atoms with Crippen molar-refractivity contribution in [1.29, 1.82) is 0 Å². The van der Waals surface area contributed by atoms with Crippen LogP contribution in [0.3, 0.4) is 0 Å². The molecule has 0 heterocycles. The lowest BCUT2D eigenvalue weighted by molar-refractivity contribution is 0.0224. The van der Waals surface area contributed by atoms with Crippen LogP contribution in [0.5, 0.6) is 0 Å². The average molecular weight is 267 g/mol. The highest BCUT2D eigenvalue weighted by molar-refractivity contribution is 5.01. The molecule has 0 amide bonds. The van der Waals surface area contributed by atoms with E-state index in [9.17, 15) is 0 Å². The molecule has 0 aromatic heterocycles. The lowest BCUT2D eigenvalue weighted by Crippen LogP contribution is -2.39. The molecule has 0 saturated carbocycles. The summed E-state index contributed by atoms with van der Waals surface area (Å²) in [5.74, 6) is 0. The van der Waals surface area contributed by atoms with Crippen molar-refractivity contribution in [3.63, 3.8) is 0 Å². The molecule has 0 fully saturated rings. The second-order valence-electron chi connectivity index (χ2n) is 4.93. The summed E-state index contributed by atoms with van der Waals surface area (Å²) < 4.78 is 6.06. The fourth-order valence-corrected chi connectivity index (χ4v) is 2.19. The van der Waals surface area contributed by atoms with Crippen LogP contribution >= 0.6 is 0 Å². The van der Waals surface area contributed by atoms with Crippen LogP contribution < -0.4 is 5.32 Å². The minimum absolute atomic E-state index is 0.356. The molecular weight excluding hydrogens is 234 g/mol. The Morgan fingerprint density at radius 3 is 2.26 bits per heavy atom. The molecule has 0 bridgehead atoms. The zero-order valence-electron chi connectivity index (χ0n) is 13.3. The van der Waals surface area contributed by atoms with Gasteiger partial charge in [0.25, 0.3) is 0 Å². The van der Waals surface area contributed by atoms with E-state index in [-0.39, 0.29) is 0 Å². The van der Waals surface area contributed by atoms with E-state index in [0.717, 1.165) is 25.9 Å². The Bertz CT molecular complexity index is 235. The first-order valence-corrected chi connectivity index (χ1v) is 7.90. The summed E-state index contributed by atoms with van der Waals surface area (Å²) in [7, 11) is 2.04. The number of hydrogen-bond acceptors (Lipinski definition) is 2. The van der Waals surface area contributed by atoms with Crippen molar-refractivity contribution in [2.75, 3.05) is 13.7 Å². The van der Waals surface area contributed by atoms with Gasteiger partial charge in [-0.15, -0.1) is 0 Å². The first-order chi connectivity index (χ1) is 9.29. The van der Waals surface area contributed by atoms with Crippen LogP contribution in [0.2, 0.25) is 0 Å². The molecule has 0 aliphatic carbocycles. The number of allylic oxidation sites excluding steroid dienone is 3. The van der Waals surface area contributed by atoms with E-state index >= 15 is 0 Å². The van der Waals surface area contributed by atoms with Gasteiger partial charge >= 0.3 is 0 Å². The summed E-state index contributed by atoms with van der Waals surface area (Å²) in [4.78, 5) is 0. The minimum Gasteiger partial charge on any atom is -0.376 e. The maximum atomic E-state index is 6.06. The Kier molecular flexibility index (Phi) is 13.4. The van der Waals surface area contributed by atoms with E-state index in [4.69, 9.17) is 4.74 Å². The summed E-state index contributed by atoms with van der Waals surface area (Å²) >= 11 is 0. The van der Waals surface area contributed by atoms with E-state index in [2.05, 4.69) is 50.4 Å². The normalized spacial score (nSPS) is 15.4. The van der Waals surface area contributed by atoms with Crippen LogP contribution in [-0.4, -0.2) is 25.8 Å². The van der Waals surface area contributed by atoms with Gasteiger partial charge in [0.05, 0.1) is 12.7 Å². The van der Waals surface area contributed by atoms with Crippen LogP contribution in [0.4, 0.5) is 0 Å².